The molecule has 1 unspecified atom stereocenters. The molecule has 0 amide bonds. The number of hydrogen-bond acceptors (Lipinski definition) is 5. The molecule has 0 fully saturated rings. The van der Waals surface area contributed by atoms with E-state index in [0.29, 0.717) is 5.84 Å². The molecule has 11 rings (SSSR count). The van der Waals surface area contributed by atoms with Crippen molar-refractivity contribution in [2.45, 2.75) is 6.17 Å². The third kappa shape index (κ3) is 5.01. The first-order valence-corrected chi connectivity index (χ1v) is 18.2. The number of nitrogens with one attached hydrogen (secondary N) is 1. The van der Waals surface area contributed by atoms with Gasteiger partial charge in [0.15, 0.2) is 5.84 Å². The number of rotatable bonds is 5. The lowest BCUT2D eigenvalue weighted by Crippen LogP contribution is -2.33. The minimum absolute atomic E-state index is 0.338. The van der Waals surface area contributed by atoms with Crippen LogP contribution in [0.3, 0.4) is 0 Å². The van der Waals surface area contributed by atoms with Crippen LogP contribution in [-0.4, -0.2) is 11.7 Å². The third-order valence-electron chi connectivity index (χ3n) is 10.6. The molecule has 1 N–H and O–H groups in total. The fourth-order valence-electron chi connectivity index (χ4n) is 7.85. The molecule has 254 valence electrons. The zero-order valence-electron chi connectivity index (χ0n) is 29.0. The lowest BCUT2D eigenvalue weighted by Gasteiger charge is -2.24. The van der Waals surface area contributed by atoms with E-state index < -0.39 is 0 Å². The number of amidine groups is 2. The maximum absolute atomic E-state index is 6.48. The SMILES string of the molecule is c1ccc(C2=NC(c3cccc4oc5ccc(-c6ccc7oc8c9ccccc9ccc8c7c6)cc5c34)=NC(c3ccc(-c4ccccc4)cc3)N2)cc1. The van der Waals surface area contributed by atoms with E-state index in [2.05, 4.69) is 145 Å². The van der Waals surface area contributed by atoms with Gasteiger partial charge in [-0.05, 0) is 69.6 Å². The van der Waals surface area contributed by atoms with Crippen LogP contribution in [0.15, 0.2) is 195 Å². The van der Waals surface area contributed by atoms with E-state index in [4.69, 9.17) is 18.8 Å². The van der Waals surface area contributed by atoms with Crippen molar-refractivity contribution in [1.29, 1.82) is 0 Å². The van der Waals surface area contributed by atoms with Crippen molar-refractivity contribution in [2.75, 3.05) is 0 Å². The number of nitrogens with zero attached hydrogens (tertiary/aromatic N) is 2. The molecule has 5 heteroatoms. The van der Waals surface area contributed by atoms with Crippen LogP contribution in [0.4, 0.5) is 0 Å². The number of hydrogen-bond donors (Lipinski definition) is 1. The second-order valence-electron chi connectivity index (χ2n) is 13.8. The van der Waals surface area contributed by atoms with Crippen molar-refractivity contribution in [3.05, 3.63) is 193 Å². The van der Waals surface area contributed by atoms with Crippen LogP contribution in [0.5, 0.6) is 0 Å². The molecule has 0 spiro atoms. The van der Waals surface area contributed by atoms with E-state index in [1.807, 2.05) is 36.4 Å². The summed E-state index contributed by atoms with van der Waals surface area (Å²) in [4.78, 5) is 10.4. The van der Waals surface area contributed by atoms with Gasteiger partial charge in [-0.25, -0.2) is 9.98 Å². The van der Waals surface area contributed by atoms with Crippen molar-refractivity contribution in [3.63, 3.8) is 0 Å². The van der Waals surface area contributed by atoms with Crippen LogP contribution in [0.1, 0.15) is 22.9 Å². The summed E-state index contributed by atoms with van der Waals surface area (Å²) in [6.45, 7) is 0. The molecule has 2 aromatic heterocycles. The number of benzene rings is 8. The van der Waals surface area contributed by atoms with Crippen LogP contribution in [0.25, 0.3) is 76.9 Å². The van der Waals surface area contributed by atoms with Crippen LogP contribution >= 0.6 is 0 Å². The highest BCUT2D eigenvalue weighted by molar-refractivity contribution is 6.22. The van der Waals surface area contributed by atoms with Gasteiger partial charge in [0.1, 0.15) is 34.3 Å². The fourth-order valence-corrected chi connectivity index (χ4v) is 7.85. The second kappa shape index (κ2) is 12.2. The molecule has 1 aliphatic rings. The molecular formula is C49H31N3O2. The quantitative estimate of drug-likeness (QED) is 0.195. The summed E-state index contributed by atoms with van der Waals surface area (Å²) in [5.74, 6) is 1.43. The predicted octanol–water partition coefficient (Wildman–Crippen LogP) is 12.5. The first-order valence-electron chi connectivity index (χ1n) is 18.2. The summed E-state index contributed by atoms with van der Waals surface area (Å²) < 4.78 is 12.9. The summed E-state index contributed by atoms with van der Waals surface area (Å²) in [5.41, 5.74) is 10.9. The van der Waals surface area contributed by atoms with E-state index in [1.54, 1.807) is 0 Å². The summed E-state index contributed by atoms with van der Waals surface area (Å²) in [5, 5.41) is 10.1. The Bertz CT molecular complexity index is 3120. The summed E-state index contributed by atoms with van der Waals surface area (Å²) in [6, 6.07) is 61.0. The van der Waals surface area contributed by atoms with Gasteiger partial charge in [-0.1, -0.05) is 140 Å². The number of fused-ring (bicyclic) bond motifs is 8. The molecule has 0 saturated carbocycles. The Labute approximate surface area is 310 Å². The summed E-state index contributed by atoms with van der Waals surface area (Å²) >= 11 is 0. The van der Waals surface area contributed by atoms with Gasteiger partial charge in [0.05, 0.1) is 0 Å². The maximum atomic E-state index is 6.48. The molecule has 5 nitrogen and oxygen atoms in total. The lowest BCUT2D eigenvalue weighted by molar-refractivity contribution is 0.668. The van der Waals surface area contributed by atoms with E-state index in [1.165, 1.54) is 10.9 Å². The Kier molecular flexibility index (Phi) is 6.85. The Morgan fingerprint density at radius 3 is 1.91 bits per heavy atom. The van der Waals surface area contributed by atoms with Crippen LogP contribution in [0.2, 0.25) is 0 Å². The van der Waals surface area contributed by atoms with E-state index >= 15 is 0 Å². The molecule has 0 aliphatic carbocycles. The minimum atomic E-state index is -0.338. The average Bonchev–Trinajstić information content (AvgIpc) is 3.82. The largest absolute Gasteiger partial charge is 0.456 e. The molecule has 0 radical (unpaired) electrons. The molecule has 54 heavy (non-hydrogen) atoms. The smallest absolute Gasteiger partial charge is 0.160 e. The Morgan fingerprint density at radius 1 is 0.444 bits per heavy atom. The van der Waals surface area contributed by atoms with Gasteiger partial charge >= 0.3 is 0 Å². The molecule has 0 bridgehead atoms. The lowest BCUT2D eigenvalue weighted by atomic mass is 9.98. The van der Waals surface area contributed by atoms with Crippen molar-refractivity contribution in [1.82, 2.24) is 5.32 Å². The van der Waals surface area contributed by atoms with Crippen molar-refractivity contribution < 1.29 is 8.83 Å². The van der Waals surface area contributed by atoms with E-state index in [-0.39, 0.29) is 6.17 Å². The van der Waals surface area contributed by atoms with Gasteiger partial charge < -0.3 is 14.2 Å². The summed E-state index contributed by atoms with van der Waals surface area (Å²) in [6.07, 6.45) is -0.338. The molecule has 1 atom stereocenters. The molecule has 10 aromatic rings. The van der Waals surface area contributed by atoms with Crippen molar-refractivity contribution in [3.8, 4) is 22.3 Å². The van der Waals surface area contributed by atoms with Gasteiger partial charge in [-0.2, -0.15) is 0 Å². The zero-order valence-corrected chi connectivity index (χ0v) is 29.0. The molecule has 1 aliphatic heterocycles. The fraction of sp³-hybridized carbons (Fsp3) is 0.0204. The predicted molar refractivity (Wildman–Crippen MR) is 221 cm³/mol. The number of aliphatic imine (C=N–C) groups is 2. The standard InChI is InChI=1S/C49H31N3O2/c1-3-10-30(11-4-1)31-18-20-34(21-19-31)48-50-47(33-13-5-2-6-14-33)51-49(52-48)39-16-9-17-44-45(39)41-29-36(24-27-43(41)53-44)35-23-26-42-40(28-35)38-25-22-32-12-7-8-15-37(32)46(38)54-42/h1-29,48H,(H,50,51,52). The second-order valence-corrected chi connectivity index (χ2v) is 13.8. The summed E-state index contributed by atoms with van der Waals surface area (Å²) in [7, 11) is 0. The van der Waals surface area contributed by atoms with Crippen LogP contribution in [0, 0.1) is 0 Å². The van der Waals surface area contributed by atoms with Gasteiger partial charge in [0.25, 0.3) is 0 Å². The zero-order chi connectivity index (χ0) is 35.6. The monoisotopic (exact) mass is 693 g/mol. The van der Waals surface area contributed by atoms with Gasteiger partial charge in [0, 0.05) is 38.1 Å². The normalized spacial score (nSPS) is 14.5. The molecule has 0 saturated heterocycles. The van der Waals surface area contributed by atoms with Crippen molar-refractivity contribution >= 4 is 66.3 Å². The minimum Gasteiger partial charge on any atom is -0.456 e. The molecular weight excluding hydrogens is 663 g/mol. The van der Waals surface area contributed by atoms with Gasteiger partial charge in [-0.3, -0.25) is 0 Å². The van der Waals surface area contributed by atoms with E-state index in [9.17, 15) is 0 Å². The topological polar surface area (TPSA) is 63.0 Å². The highest BCUT2D eigenvalue weighted by Crippen LogP contribution is 2.39. The average molecular weight is 694 g/mol. The van der Waals surface area contributed by atoms with Crippen LogP contribution < -0.4 is 5.32 Å². The highest BCUT2D eigenvalue weighted by Gasteiger charge is 2.24. The Hall–Kier alpha value is -7.24. The van der Waals surface area contributed by atoms with Crippen molar-refractivity contribution in [2.24, 2.45) is 9.98 Å². The Morgan fingerprint density at radius 2 is 1.11 bits per heavy atom. The highest BCUT2D eigenvalue weighted by atomic mass is 16.3. The number of furan rings is 2. The van der Waals surface area contributed by atoms with Crippen LogP contribution in [-0.2, 0) is 0 Å². The first kappa shape index (κ1) is 30.4. The Balaban J connectivity index is 1.04. The molecule has 3 heterocycles. The molecule has 8 aromatic carbocycles. The van der Waals surface area contributed by atoms with Gasteiger partial charge in [0.2, 0.25) is 0 Å². The third-order valence-corrected chi connectivity index (χ3v) is 10.6. The van der Waals surface area contributed by atoms with E-state index in [0.717, 1.165) is 88.5 Å². The first-order chi connectivity index (χ1) is 26.7. The maximum Gasteiger partial charge on any atom is 0.160 e. The van der Waals surface area contributed by atoms with Gasteiger partial charge in [-0.15, -0.1) is 0 Å².